The van der Waals surface area contributed by atoms with Gasteiger partial charge in [0.2, 0.25) is 0 Å². The molecule has 0 aromatic heterocycles. The first-order chi connectivity index (χ1) is 5.79. The molecule has 0 radical (unpaired) electrons. The van der Waals surface area contributed by atoms with Gasteiger partial charge in [0.1, 0.15) is 0 Å². The first kappa shape index (κ1) is 9.96. The molecular formula is C9H21N3. The zero-order chi connectivity index (χ0) is 8.81. The van der Waals surface area contributed by atoms with E-state index in [0.29, 0.717) is 0 Å². The first-order valence-electron chi connectivity index (χ1n) is 4.87. The summed E-state index contributed by atoms with van der Waals surface area (Å²) in [7, 11) is 4.40. The zero-order valence-electron chi connectivity index (χ0n) is 8.34. The van der Waals surface area contributed by atoms with Gasteiger partial charge in [-0.3, -0.25) is 0 Å². The lowest BCUT2D eigenvalue weighted by molar-refractivity contribution is 0.243. The van der Waals surface area contributed by atoms with Gasteiger partial charge in [-0.2, -0.15) is 0 Å². The Balaban J connectivity index is 2.23. The number of hydrogen-bond acceptors (Lipinski definition) is 3. The highest BCUT2D eigenvalue weighted by atomic mass is 15.2. The topological polar surface area (TPSA) is 18.5 Å². The zero-order valence-corrected chi connectivity index (χ0v) is 8.34. The molecule has 0 aromatic carbocycles. The summed E-state index contributed by atoms with van der Waals surface area (Å²) in [4.78, 5) is 4.79. The summed E-state index contributed by atoms with van der Waals surface area (Å²) in [5.74, 6) is 0. The summed E-state index contributed by atoms with van der Waals surface area (Å²) in [6.07, 6.45) is 1.28. The molecule has 1 aliphatic heterocycles. The van der Waals surface area contributed by atoms with Gasteiger partial charge < -0.3 is 15.1 Å². The van der Waals surface area contributed by atoms with E-state index in [2.05, 4.69) is 29.2 Å². The van der Waals surface area contributed by atoms with Crippen molar-refractivity contribution in [3.05, 3.63) is 0 Å². The monoisotopic (exact) mass is 171 g/mol. The maximum atomic E-state index is 3.44. The molecule has 0 atom stereocenters. The van der Waals surface area contributed by atoms with E-state index < -0.39 is 0 Å². The van der Waals surface area contributed by atoms with Gasteiger partial charge in [-0.25, -0.2) is 0 Å². The van der Waals surface area contributed by atoms with Crippen molar-refractivity contribution in [2.75, 3.05) is 53.4 Å². The molecule has 72 valence electrons. The van der Waals surface area contributed by atoms with E-state index in [-0.39, 0.29) is 0 Å². The molecule has 0 spiro atoms. The fourth-order valence-electron chi connectivity index (χ4n) is 1.43. The lowest BCUT2D eigenvalue weighted by atomic mass is 10.3. The molecule has 0 aromatic rings. The van der Waals surface area contributed by atoms with Crippen LogP contribution in [0.25, 0.3) is 0 Å². The SMILES string of the molecule is CN1CCCNCCN(C)CC1. The van der Waals surface area contributed by atoms with Crippen LogP contribution < -0.4 is 5.32 Å². The van der Waals surface area contributed by atoms with Crippen molar-refractivity contribution in [2.24, 2.45) is 0 Å². The molecule has 3 heteroatoms. The second-order valence-electron chi connectivity index (χ2n) is 3.71. The fourth-order valence-corrected chi connectivity index (χ4v) is 1.43. The van der Waals surface area contributed by atoms with E-state index in [1.54, 1.807) is 0 Å². The average molecular weight is 171 g/mol. The second-order valence-corrected chi connectivity index (χ2v) is 3.71. The molecule has 0 aliphatic carbocycles. The third kappa shape index (κ3) is 4.04. The molecule has 12 heavy (non-hydrogen) atoms. The van der Waals surface area contributed by atoms with Crippen LogP contribution in [0.1, 0.15) is 6.42 Å². The molecule has 1 rings (SSSR count). The van der Waals surface area contributed by atoms with Gasteiger partial charge in [0.05, 0.1) is 0 Å². The van der Waals surface area contributed by atoms with E-state index >= 15 is 0 Å². The van der Waals surface area contributed by atoms with Crippen molar-refractivity contribution in [3.63, 3.8) is 0 Å². The molecule has 0 amide bonds. The van der Waals surface area contributed by atoms with Crippen molar-refractivity contribution in [1.29, 1.82) is 0 Å². The molecule has 0 saturated carbocycles. The van der Waals surface area contributed by atoms with Gasteiger partial charge in [-0.05, 0) is 33.6 Å². The molecule has 0 unspecified atom stereocenters. The lowest BCUT2D eigenvalue weighted by Gasteiger charge is -2.24. The Bertz CT molecular complexity index is 102. The predicted octanol–water partition coefficient (Wildman–Crippen LogP) is -0.157. The molecule has 3 nitrogen and oxygen atoms in total. The van der Waals surface area contributed by atoms with Gasteiger partial charge in [0.15, 0.2) is 0 Å². The highest BCUT2D eigenvalue weighted by Crippen LogP contribution is 1.90. The lowest BCUT2D eigenvalue weighted by Crippen LogP contribution is -2.38. The van der Waals surface area contributed by atoms with E-state index in [4.69, 9.17) is 0 Å². The molecule has 1 heterocycles. The standard InChI is InChI=1S/C9H21N3/c1-11-6-3-4-10-5-7-12(2)9-8-11/h10H,3-9H2,1-2H3. The Morgan fingerprint density at radius 1 is 0.833 bits per heavy atom. The summed E-state index contributed by atoms with van der Waals surface area (Å²) in [6, 6.07) is 0. The molecular weight excluding hydrogens is 150 g/mol. The van der Waals surface area contributed by atoms with Crippen LogP contribution in [0.15, 0.2) is 0 Å². The highest BCUT2D eigenvalue weighted by Gasteiger charge is 2.03. The van der Waals surface area contributed by atoms with E-state index in [1.165, 1.54) is 32.6 Å². The third-order valence-corrected chi connectivity index (χ3v) is 2.43. The summed E-state index contributed by atoms with van der Waals surface area (Å²) in [6.45, 7) is 7.10. The van der Waals surface area contributed by atoms with Gasteiger partial charge in [0.25, 0.3) is 0 Å². The molecule has 1 aliphatic rings. The predicted molar refractivity (Wildman–Crippen MR) is 52.5 cm³/mol. The minimum atomic E-state index is 1.14. The maximum Gasteiger partial charge on any atom is 0.0107 e. The van der Waals surface area contributed by atoms with Crippen molar-refractivity contribution in [3.8, 4) is 0 Å². The minimum absolute atomic E-state index is 1.14. The van der Waals surface area contributed by atoms with E-state index in [1.807, 2.05) is 0 Å². The van der Waals surface area contributed by atoms with Crippen molar-refractivity contribution in [1.82, 2.24) is 15.1 Å². The van der Waals surface area contributed by atoms with Crippen molar-refractivity contribution in [2.45, 2.75) is 6.42 Å². The van der Waals surface area contributed by atoms with Crippen LogP contribution in [0.4, 0.5) is 0 Å². The fraction of sp³-hybridized carbons (Fsp3) is 1.00. The maximum absolute atomic E-state index is 3.44. The van der Waals surface area contributed by atoms with Gasteiger partial charge in [0, 0.05) is 26.2 Å². The van der Waals surface area contributed by atoms with E-state index in [0.717, 1.165) is 13.1 Å². The Hall–Kier alpha value is -0.120. The van der Waals surface area contributed by atoms with Crippen LogP contribution in [0, 0.1) is 0 Å². The number of rotatable bonds is 0. The van der Waals surface area contributed by atoms with Gasteiger partial charge in [-0.15, -0.1) is 0 Å². The Morgan fingerprint density at radius 2 is 1.50 bits per heavy atom. The Kier molecular flexibility index (Phi) is 4.58. The van der Waals surface area contributed by atoms with Crippen LogP contribution in [0.3, 0.4) is 0 Å². The first-order valence-corrected chi connectivity index (χ1v) is 4.87. The summed E-state index contributed by atoms with van der Waals surface area (Å²) >= 11 is 0. The van der Waals surface area contributed by atoms with Crippen molar-refractivity contribution < 1.29 is 0 Å². The smallest absolute Gasteiger partial charge is 0.0107 e. The van der Waals surface area contributed by atoms with Crippen LogP contribution in [0.2, 0.25) is 0 Å². The Labute approximate surface area is 75.7 Å². The van der Waals surface area contributed by atoms with Crippen LogP contribution in [-0.4, -0.2) is 63.2 Å². The number of nitrogens with zero attached hydrogens (tertiary/aromatic N) is 2. The molecule has 1 N–H and O–H groups in total. The number of hydrogen-bond donors (Lipinski definition) is 1. The average Bonchev–Trinajstić information content (AvgIpc) is 2.07. The highest BCUT2D eigenvalue weighted by molar-refractivity contribution is 4.62. The molecule has 0 bridgehead atoms. The normalized spacial score (nSPS) is 25.5. The minimum Gasteiger partial charge on any atom is -0.315 e. The number of likely N-dealkylation sites (N-methyl/N-ethyl adjacent to an activating group) is 2. The number of nitrogens with one attached hydrogen (secondary N) is 1. The quantitative estimate of drug-likeness (QED) is 0.546. The summed E-state index contributed by atoms with van der Waals surface area (Å²) in [5.41, 5.74) is 0. The molecule has 1 saturated heterocycles. The Morgan fingerprint density at radius 3 is 2.25 bits per heavy atom. The molecule has 1 fully saturated rings. The van der Waals surface area contributed by atoms with Crippen LogP contribution in [-0.2, 0) is 0 Å². The van der Waals surface area contributed by atoms with Crippen LogP contribution >= 0.6 is 0 Å². The van der Waals surface area contributed by atoms with Gasteiger partial charge in [-0.1, -0.05) is 0 Å². The largest absolute Gasteiger partial charge is 0.315 e. The second kappa shape index (κ2) is 5.51. The summed E-state index contributed by atoms with van der Waals surface area (Å²) < 4.78 is 0. The summed E-state index contributed by atoms with van der Waals surface area (Å²) in [5, 5.41) is 3.44. The van der Waals surface area contributed by atoms with Crippen LogP contribution in [0.5, 0.6) is 0 Å². The third-order valence-electron chi connectivity index (χ3n) is 2.43. The van der Waals surface area contributed by atoms with Crippen molar-refractivity contribution >= 4 is 0 Å². The van der Waals surface area contributed by atoms with E-state index in [9.17, 15) is 0 Å². The van der Waals surface area contributed by atoms with Gasteiger partial charge >= 0.3 is 0 Å².